The van der Waals surface area contributed by atoms with E-state index in [1.807, 2.05) is 58.3 Å². The van der Waals surface area contributed by atoms with Gasteiger partial charge >= 0.3 is 6.03 Å². The summed E-state index contributed by atoms with van der Waals surface area (Å²) in [4.78, 5) is 17.9. The number of hydrogen-bond acceptors (Lipinski definition) is 7. The quantitative estimate of drug-likeness (QED) is 0.225. The van der Waals surface area contributed by atoms with Gasteiger partial charge < -0.3 is 28.7 Å². The van der Waals surface area contributed by atoms with Gasteiger partial charge in [0, 0.05) is 26.2 Å². The number of carbonyl (C=O) groups is 1. The van der Waals surface area contributed by atoms with E-state index < -0.39 is 0 Å². The zero-order valence-electron chi connectivity index (χ0n) is 27.1. The molecule has 2 saturated heterocycles. The minimum absolute atomic E-state index is 0.0236. The molecule has 9 heteroatoms. The molecule has 0 bridgehead atoms. The summed E-state index contributed by atoms with van der Waals surface area (Å²) in [5.74, 6) is 3.14. The van der Waals surface area contributed by atoms with Crippen LogP contribution in [0.4, 0.5) is 4.79 Å². The molecule has 0 aromatic heterocycles. The van der Waals surface area contributed by atoms with Gasteiger partial charge in [-0.1, -0.05) is 72.8 Å². The monoisotopic (exact) mass is 646 g/mol. The van der Waals surface area contributed by atoms with Crippen molar-refractivity contribution < 1.29 is 23.7 Å². The predicted octanol–water partition coefficient (Wildman–Crippen LogP) is 6.55. The molecular weight excluding hydrogens is 604 g/mol. The van der Waals surface area contributed by atoms with Crippen molar-refractivity contribution in [2.75, 3.05) is 26.3 Å². The van der Waals surface area contributed by atoms with E-state index in [0.717, 1.165) is 72.9 Å². The van der Waals surface area contributed by atoms with Crippen LogP contribution < -0.4 is 29.6 Å². The van der Waals surface area contributed by atoms with Gasteiger partial charge in [-0.2, -0.15) is 0 Å². The van der Waals surface area contributed by atoms with Gasteiger partial charge in [-0.25, -0.2) is 4.79 Å². The van der Waals surface area contributed by atoms with Crippen LogP contribution >= 0.6 is 0 Å². The Kier molecular flexibility index (Phi) is 8.79. The number of hydrogen-bond donors (Lipinski definition) is 2. The van der Waals surface area contributed by atoms with Crippen LogP contribution in [0.3, 0.4) is 0 Å². The Bertz CT molecular complexity index is 1590. The molecule has 2 amide bonds. The highest BCUT2D eigenvalue weighted by molar-refractivity contribution is 5.75. The van der Waals surface area contributed by atoms with Gasteiger partial charge in [-0.05, 0) is 72.2 Å². The van der Waals surface area contributed by atoms with E-state index in [9.17, 15) is 4.79 Å². The maximum Gasteiger partial charge on any atom is 0.322 e. The molecule has 4 atom stereocenters. The van der Waals surface area contributed by atoms with Crippen LogP contribution in [0.25, 0.3) is 0 Å². The van der Waals surface area contributed by atoms with Crippen molar-refractivity contribution in [3.05, 3.63) is 119 Å². The first-order chi connectivity index (χ1) is 23.7. The number of likely N-dealkylation sites (tertiary alicyclic amines) is 2. The van der Waals surface area contributed by atoms with Crippen molar-refractivity contribution in [1.29, 1.82) is 0 Å². The molecule has 0 saturated carbocycles. The number of ether oxygens (including phenoxy) is 4. The van der Waals surface area contributed by atoms with Crippen LogP contribution in [0.1, 0.15) is 60.1 Å². The van der Waals surface area contributed by atoms with Crippen molar-refractivity contribution in [1.82, 2.24) is 20.4 Å². The summed E-state index contributed by atoms with van der Waals surface area (Å²) in [5, 5.41) is 7.32. The second-order valence-electron chi connectivity index (χ2n) is 13.0. The molecule has 4 unspecified atom stereocenters. The van der Waals surface area contributed by atoms with Gasteiger partial charge in [0.05, 0.1) is 12.3 Å². The highest BCUT2D eigenvalue weighted by Gasteiger charge is 2.36. The fourth-order valence-corrected chi connectivity index (χ4v) is 7.12. The molecular formula is C39H42N4O5. The summed E-state index contributed by atoms with van der Waals surface area (Å²) in [6, 6.07) is 32.7. The van der Waals surface area contributed by atoms with E-state index in [2.05, 4.69) is 59.2 Å². The lowest BCUT2D eigenvalue weighted by molar-refractivity contribution is 0.0913. The van der Waals surface area contributed by atoms with Crippen molar-refractivity contribution in [2.45, 2.75) is 63.3 Å². The third-order valence-electron chi connectivity index (χ3n) is 9.80. The Morgan fingerprint density at radius 1 is 0.583 bits per heavy atom. The van der Waals surface area contributed by atoms with E-state index in [0.29, 0.717) is 26.3 Å². The topological polar surface area (TPSA) is 84.5 Å². The molecule has 248 valence electrons. The summed E-state index contributed by atoms with van der Waals surface area (Å²) in [7, 11) is 0. The number of nitrogens with one attached hydrogen (secondary N) is 2. The first-order valence-corrected chi connectivity index (χ1v) is 17.2. The van der Waals surface area contributed by atoms with E-state index in [1.54, 1.807) is 0 Å². The number of nitrogens with zero attached hydrogens (tertiary/aromatic N) is 2. The molecule has 2 fully saturated rings. The fraction of sp³-hybridized carbons (Fsp3) is 0.359. The Hall–Kier alpha value is -4.73. The highest BCUT2D eigenvalue weighted by Crippen LogP contribution is 2.37. The average molecular weight is 647 g/mol. The largest absolute Gasteiger partial charge is 0.485 e. The van der Waals surface area contributed by atoms with Crippen LogP contribution in [-0.2, 0) is 13.1 Å². The standard InChI is InChI=1S/C39H42N4O5/c44-39(42-21-5-11-37(42)40-23-27-13-17-29(18-14-27)35-25-45-31-7-1-3-9-33(31)47-35)43-22-6-12-38(43)41-24-28-15-19-30(20-16-28)36-26-46-32-8-2-4-10-34(32)48-36/h1-4,7-10,13-20,35-38,40-41H,5-6,11-12,21-26H2. The second kappa shape index (κ2) is 13.8. The number of fused-ring (bicyclic) bond motifs is 2. The molecule has 0 aliphatic carbocycles. The Morgan fingerprint density at radius 3 is 1.44 bits per heavy atom. The van der Waals surface area contributed by atoms with E-state index in [-0.39, 0.29) is 30.6 Å². The van der Waals surface area contributed by atoms with Gasteiger partial charge in [0.25, 0.3) is 0 Å². The highest BCUT2D eigenvalue weighted by atomic mass is 16.6. The molecule has 4 aliphatic rings. The molecule has 48 heavy (non-hydrogen) atoms. The predicted molar refractivity (Wildman–Crippen MR) is 182 cm³/mol. The van der Waals surface area contributed by atoms with Crippen LogP contribution in [0, 0.1) is 0 Å². The summed E-state index contributed by atoms with van der Waals surface area (Å²) >= 11 is 0. The second-order valence-corrected chi connectivity index (χ2v) is 13.0. The van der Waals surface area contributed by atoms with Crippen molar-refractivity contribution in [2.24, 2.45) is 0 Å². The molecule has 9 nitrogen and oxygen atoms in total. The SMILES string of the molecule is O=C(N1CCCC1NCc1ccc(C2COc3ccccc3O2)cc1)N1CCCC1NCc1ccc(C2COc3ccccc3O2)cc1. The number of carbonyl (C=O) groups excluding carboxylic acids is 1. The van der Waals surface area contributed by atoms with Crippen LogP contribution in [0.15, 0.2) is 97.1 Å². The summed E-state index contributed by atoms with van der Waals surface area (Å²) < 4.78 is 24.1. The first-order valence-electron chi connectivity index (χ1n) is 17.2. The van der Waals surface area contributed by atoms with Gasteiger partial charge in [0.1, 0.15) is 13.2 Å². The lowest BCUT2D eigenvalue weighted by Crippen LogP contribution is -2.54. The Balaban J connectivity index is 0.824. The molecule has 0 spiro atoms. The van der Waals surface area contributed by atoms with Gasteiger partial charge in [-0.3, -0.25) is 10.6 Å². The van der Waals surface area contributed by atoms with Crippen LogP contribution in [0.5, 0.6) is 23.0 Å². The maximum atomic E-state index is 13.8. The minimum atomic E-state index is -0.128. The zero-order valence-corrected chi connectivity index (χ0v) is 27.1. The van der Waals surface area contributed by atoms with Crippen molar-refractivity contribution in [3.63, 3.8) is 0 Å². The average Bonchev–Trinajstić information content (AvgIpc) is 3.83. The molecule has 4 heterocycles. The fourth-order valence-electron chi connectivity index (χ4n) is 7.12. The molecule has 0 radical (unpaired) electrons. The van der Waals surface area contributed by atoms with Gasteiger partial charge in [0.15, 0.2) is 35.2 Å². The van der Waals surface area contributed by atoms with Crippen molar-refractivity contribution in [3.8, 4) is 23.0 Å². The third kappa shape index (κ3) is 6.53. The summed E-state index contributed by atoms with van der Waals surface area (Å²) in [6.45, 7) is 3.93. The van der Waals surface area contributed by atoms with Crippen LogP contribution in [-0.4, -0.2) is 54.5 Å². The zero-order chi connectivity index (χ0) is 32.3. The molecule has 4 aliphatic heterocycles. The molecule has 8 rings (SSSR count). The maximum absolute atomic E-state index is 13.8. The number of amides is 2. The van der Waals surface area contributed by atoms with E-state index >= 15 is 0 Å². The lowest BCUT2D eigenvalue weighted by atomic mass is 10.1. The molecule has 2 N–H and O–H groups in total. The van der Waals surface area contributed by atoms with Gasteiger partial charge in [0.2, 0.25) is 0 Å². The number of para-hydroxylation sites is 4. The summed E-state index contributed by atoms with van der Waals surface area (Å²) in [6.07, 6.45) is 3.70. The number of benzene rings is 4. The Morgan fingerprint density at radius 2 is 1.00 bits per heavy atom. The first kappa shape index (κ1) is 30.6. The summed E-state index contributed by atoms with van der Waals surface area (Å²) in [5.41, 5.74) is 4.53. The molecule has 4 aromatic carbocycles. The number of urea groups is 1. The Labute approximate surface area is 281 Å². The van der Waals surface area contributed by atoms with Gasteiger partial charge in [-0.15, -0.1) is 0 Å². The molecule has 4 aromatic rings. The van der Waals surface area contributed by atoms with E-state index in [4.69, 9.17) is 18.9 Å². The normalized spacial score (nSPS) is 22.9. The third-order valence-corrected chi connectivity index (χ3v) is 9.80. The number of rotatable bonds is 8. The minimum Gasteiger partial charge on any atom is -0.485 e. The smallest absolute Gasteiger partial charge is 0.322 e. The lowest BCUT2D eigenvalue weighted by Gasteiger charge is -2.33. The van der Waals surface area contributed by atoms with Crippen LogP contribution in [0.2, 0.25) is 0 Å². The van der Waals surface area contributed by atoms with E-state index in [1.165, 1.54) is 11.1 Å². The van der Waals surface area contributed by atoms with Crippen molar-refractivity contribution >= 4 is 6.03 Å².